The van der Waals surface area contributed by atoms with Gasteiger partial charge in [0, 0.05) is 0 Å². The standard InChI is InChI=1S/C13H19NO.ClH/c1-3-8-14-13-10(2)15-9-11-6-4-5-7-12(11)13;/h4-7,10,13-14H,3,8-9H2,1-2H3;1H/t10-,13-;/m1./s1. The van der Waals surface area contributed by atoms with E-state index in [4.69, 9.17) is 4.74 Å². The lowest BCUT2D eigenvalue weighted by Crippen LogP contribution is -2.36. The predicted octanol–water partition coefficient (Wildman–Crippen LogP) is 3.07. The van der Waals surface area contributed by atoms with Crippen LogP contribution in [-0.4, -0.2) is 12.6 Å². The maximum absolute atomic E-state index is 5.75. The van der Waals surface area contributed by atoms with E-state index in [9.17, 15) is 0 Å². The van der Waals surface area contributed by atoms with Crippen molar-refractivity contribution in [3.05, 3.63) is 35.4 Å². The van der Waals surface area contributed by atoms with Crippen LogP contribution < -0.4 is 5.32 Å². The number of rotatable bonds is 3. The molecule has 3 heteroatoms. The molecule has 0 bridgehead atoms. The van der Waals surface area contributed by atoms with Crippen LogP contribution in [0.25, 0.3) is 0 Å². The molecule has 0 aromatic heterocycles. The van der Waals surface area contributed by atoms with Crippen molar-refractivity contribution >= 4 is 12.4 Å². The summed E-state index contributed by atoms with van der Waals surface area (Å²) in [5.74, 6) is 0. The Labute approximate surface area is 104 Å². The monoisotopic (exact) mass is 241 g/mol. The number of halogens is 1. The van der Waals surface area contributed by atoms with Gasteiger partial charge in [-0.1, -0.05) is 31.2 Å². The summed E-state index contributed by atoms with van der Waals surface area (Å²) in [6.45, 7) is 6.13. The average Bonchev–Trinajstić information content (AvgIpc) is 2.28. The normalized spacial score (nSPS) is 23.4. The molecule has 1 aliphatic rings. The van der Waals surface area contributed by atoms with Gasteiger partial charge >= 0.3 is 0 Å². The Morgan fingerprint density at radius 2 is 2.12 bits per heavy atom. The van der Waals surface area contributed by atoms with Crippen molar-refractivity contribution in [2.45, 2.75) is 39.0 Å². The summed E-state index contributed by atoms with van der Waals surface area (Å²) in [6, 6.07) is 8.91. The van der Waals surface area contributed by atoms with Crippen molar-refractivity contribution < 1.29 is 4.74 Å². The molecule has 2 nitrogen and oxygen atoms in total. The van der Waals surface area contributed by atoms with Gasteiger partial charge in [0.1, 0.15) is 0 Å². The first-order valence-corrected chi connectivity index (χ1v) is 5.75. The van der Waals surface area contributed by atoms with Gasteiger partial charge in [-0.25, -0.2) is 0 Å². The first kappa shape index (κ1) is 13.5. The van der Waals surface area contributed by atoms with E-state index in [1.165, 1.54) is 11.1 Å². The predicted molar refractivity (Wildman–Crippen MR) is 69.0 cm³/mol. The minimum absolute atomic E-state index is 0. The fourth-order valence-electron chi connectivity index (χ4n) is 2.12. The molecule has 0 aliphatic carbocycles. The van der Waals surface area contributed by atoms with Gasteiger partial charge in [-0.3, -0.25) is 0 Å². The van der Waals surface area contributed by atoms with E-state index < -0.39 is 0 Å². The second-order valence-corrected chi connectivity index (χ2v) is 4.15. The third-order valence-corrected chi connectivity index (χ3v) is 2.98. The van der Waals surface area contributed by atoms with Crippen LogP contribution in [0, 0.1) is 0 Å². The molecular formula is C13H20ClNO. The SMILES string of the molecule is CCCN[C@H]1c2ccccc2CO[C@@H]1C.Cl. The van der Waals surface area contributed by atoms with Crippen molar-refractivity contribution in [2.24, 2.45) is 0 Å². The maximum atomic E-state index is 5.75. The van der Waals surface area contributed by atoms with Gasteiger partial charge in [-0.05, 0) is 31.0 Å². The average molecular weight is 242 g/mol. The highest BCUT2D eigenvalue weighted by Gasteiger charge is 2.25. The largest absolute Gasteiger partial charge is 0.372 e. The quantitative estimate of drug-likeness (QED) is 0.878. The molecule has 1 aromatic carbocycles. The highest BCUT2D eigenvalue weighted by atomic mass is 35.5. The van der Waals surface area contributed by atoms with E-state index in [0.29, 0.717) is 6.04 Å². The molecule has 1 heterocycles. The molecule has 0 amide bonds. The number of ether oxygens (including phenoxy) is 1. The molecule has 0 radical (unpaired) electrons. The molecular weight excluding hydrogens is 222 g/mol. The molecule has 0 fully saturated rings. The van der Waals surface area contributed by atoms with Gasteiger partial charge in [-0.2, -0.15) is 0 Å². The van der Waals surface area contributed by atoms with Crippen LogP contribution in [0.3, 0.4) is 0 Å². The zero-order valence-electron chi connectivity index (χ0n) is 9.90. The number of fused-ring (bicyclic) bond motifs is 1. The maximum Gasteiger partial charge on any atom is 0.0746 e. The van der Waals surface area contributed by atoms with Crippen LogP contribution in [0.15, 0.2) is 24.3 Å². The Morgan fingerprint density at radius 3 is 2.88 bits per heavy atom. The summed E-state index contributed by atoms with van der Waals surface area (Å²) in [6.07, 6.45) is 1.43. The number of benzene rings is 1. The van der Waals surface area contributed by atoms with E-state index in [1.807, 2.05) is 0 Å². The highest BCUT2D eigenvalue weighted by molar-refractivity contribution is 5.85. The van der Waals surface area contributed by atoms with Crippen LogP contribution in [0.2, 0.25) is 0 Å². The Hall–Kier alpha value is -0.570. The van der Waals surface area contributed by atoms with Crippen molar-refractivity contribution in [3.8, 4) is 0 Å². The lowest BCUT2D eigenvalue weighted by molar-refractivity contribution is 0.0116. The molecule has 0 spiro atoms. The number of hydrogen-bond acceptors (Lipinski definition) is 2. The van der Waals surface area contributed by atoms with Crippen LogP contribution in [0.4, 0.5) is 0 Å². The van der Waals surface area contributed by atoms with Crippen LogP contribution in [-0.2, 0) is 11.3 Å². The van der Waals surface area contributed by atoms with Gasteiger partial charge in [0.05, 0.1) is 18.8 Å². The third kappa shape index (κ3) is 2.76. The Kier molecular flexibility index (Phi) is 5.26. The van der Waals surface area contributed by atoms with Gasteiger partial charge in [0.2, 0.25) is 0 Å². The topological polar surface area (TPSA) is 21.3 Å². The Balaban J connectivity index is 0.00000128. The van der Waals surface area contributed by atoms with Crippen molar-refractivity contribution in [1.29, 1.82) is 0 Å². The van der Waals surface area contributed by atoms with Gasteiger partial charge < -0.3 is 10.1 Å². The summed E-state index contributed by atoms with van der Waals surface area (Å²) in [5.41, 5.74) is 2.73. The van der Waals surface area contributed by atoms with Crippen molar-refractivity contribution in [1.82, 2.24) is 5.32 Å². The number of hydrogen-bond donors (Lipinski definition) is 1. The van der Waals surface area contributed by atoms with Crippen LogP contribution >= 0.6 is 12.4 Å². The summed E-state index contributed by atoms with van der Waals surface area (Å²) >= 11 is 0. The molecule has 2 rings (SSSR count). The fourth-order valence-corrected chi connectivity index (χ4v) is 2.12. The second kappa shape index (κ2) is 6.24. The van der Waals surface area contributed by atoms with Gasteiger partial charge in [-0.15, -0.1) is 12.4 Å². The zero-order valence-corrected chi connectivity index (χ0v) is 10.7. The summed E-state index contributed by atoms with van der Waals surface area (Å²) in [5, 5.41) is 3.55. The van der Waals surface area contributed by atoms with Gasteiger partial charge in [0.15, 0.2) is 0 Å². The molecule has 2 atom stereocenters. The number of nitrogens with one attached hydrogen (secondary N) is 1. The molecule has 16 heavy (non-hydrogen) atoms. The molecule has 1 N–H and O–H groups in total. The first-order chi connectivity index (χ1) is 7.33. The summed E-state index contributed by atoms with van der Waals surface area (Å²) in [4.78, 5) is 0. The second-order valence-electron chi connectivity index (χ2n) is 4.15. The smallest absolute Gasteiger partial charge is 0.0746 e. The summed E-state index contributed by atoms with van der Waals surface area (Å²) in [7, 11) is 0. The zero-order chi connectivity index (χ0) is 10.7. The molecule has 1 aromatic rings. The van der Waals surface area contributed by atoms with Crippen LogP contribution in [0.1, 0.15) is 37.4 Å². The molecule has 1 aliphatic heterocycles. The summed E-state index contributed by atoms with van der Waals surface area (Å²) < 4.78 is 5.75. The molecule has 0 unspecified atom stereocenters. The third-order valence-electron chi connectivity index (χ3n) is 2.98. The lowest BCUT2D eigenvalue weighted by atomic mass is 9.94. The lowest BCUT2D eigenvalue weighted by Gasteiger charge is -2.32. The van der Waals surface area contributed by atoms with Crippen LogP contribution in [0.5, 0.6) is 0 Å². The van der Waals surface area contributed by atoms with E-state index >= 15 is 0 Å². The van der Waals surface area contributed by atoms with E-state index in [-0.39, 0.29) is 18.5 Å². The Bertz CT molecular complexity index is 329. The fraction of sp³-hybridized carbons (Fsp3) is 0.538. The Morgan fingerprint density at radius 1 is 1.38 bits per heavy atom. The first-order valence-electron chi connectivity index (χ1n) is 5.75. The molecule has 90 valence electrons. The van der Waals surface area contributed by atoms with Gasteiger partial charge in [0.25, 0.3) is 0 Å². The van der Waals surface area contributed by atoms with E-state index in [1.54, 1.807) is 0 Å². The van der Waals surface area contributed by atoms with E-state index in [2.05, 4.69) is 43.4 Å². The van der Waals surface area contributed by atoms with E-state index in [0.717, 1.165) is 19.6 Å². The van der Waals surface area contributed by atoms with Crippen molar-refractivity contribution in [3.63, 3.8) is 0 Å². The minimum Gasteiger partial charge on any atom is -0.372 e. The minimum atomic E-state index is 0. The van der Waals surface area contributed by atoms with Crippen molar-refractivity contribution in [2.75, 3.05) is 6.54 Å². The molecule has 0 saturated heterocycles. The molecule has 0 saturated carbocycles. The highest BCUT2D eigenvalue weighted by Crippen LogP contribution is 2.28.